The van der Waals surface area contributed by atoms with Crippen LogP contribution in [0.5, 0.6) is 0 Å². The summed E-state index contributed by atoms with van der Waals surface area (Å²) in [6.07, 6.45) is 0.977. The minimum Gasteiger partial charge on any atom is -0.444 e. The first kappa shape index (κ1) is 13.9. The molecule has 0 spiro atoms. The molecule has 0 bridgehead atoms. The Hall–Kier alpha value is -1.10. The predicted octanol–water partition coefficient (Wildman–Crippen LogP) is 2.96. The van der Waals surface area contributed by atoms with Crippen molar-refractivity contribution in [3.05, 3.63) is 23.0 Å². The molecule has 0 radical (unpaired) electrons. The summed E-state index contributed by atoms with van der Waals surface area (Å²) in [5.41, 5.74) is -0.148. The van der Waals surface area contributed by atoms with Crippen molar-refractivity contribution in [2.24, 2.45) is 4.99 Å². The van der Waals surface area contributed by atoms with E-state index in [2.05, 4.69) is 39.5 Å². The number of ether oxygens (including phenoxy) is 1. The summed E-state index contributed by atoms with van der Waals surface area (Å²) in [4.78, 5) is 14.8. The van der Waals surface area contributed by atoms with Crippen molar-refractivity contribution in [1.82, 2.24) is 5.32 Å². The summed E-state index contributed by atoms with van der Waals surface area (Å²) in [5, 5.41) is 2.45. The molecule has 0 aromatic rings. The first-order chi connectivity index (χ1) is 6.74. The van der Waals surface area contributed by atoms with Crippen LogP contribution in [0, 0.1) is 0 Å². The molecule has 1 amide bonds. The molecular formula is C10H15BrN2O2. The lowest BCUT2D eigenvalue weighted by Gasteiger charge is -2.19. The van der Waals surface area contributed by atoms with Gasteiger partial charge in [0, 0.05) is 5.70 Å². The Morgan fingerprint density at radius 1 is 1.53 bits per heavy atom. The molecule has 0 fully saturated rings. The number of hydrogen-bond acceptors (Lipinski definition) is 3. The predicted molar refractivity (Wildman–Crippen MR) is 65.1 cm³/mol. The molecule has 84 valence electrons. The van der Waals surface area contributed by atoms with Gasteiger partial charge in [-0.2, -0.15) is 0 Å². The number of nitrogens with zero attached hydrogens (tertiary/aromatic N) is 1. The lowest BCUT2D eigenvalue weighted by atomic mass is 10.2. The monoisotopic (exact) mass is 274 g/mol. The van der Waals surface area contributed by atoms with E-state index in [9.17, 15) is 4.79 Å². The second-order valence-electron chi connectivity index (χ2n) is 3.78. The molecule has 0 aromatic heterocycles. The maximum absolute atomic E-state index is 11.3. The summed E-state index contributed by atoms with van der Waals surface area (Å²) in [6.45, 7) is 12.3. The Labute approximate surface area is 98.2 Å². The van der Waals surface area contributed by atoms with Crippen LogP contribution in [0.25, 0.3) is 0 Å². The Balaban J connectivity index is 4.20. The second kappa shape index (κ2) is 5.70. The summed E-state index contributed by atoms with van der Waals surface area (Å²) in [5.74, 6) is 0. The lowest BCUT2D eigenvalue weighted by Crippen LogP contribution is -2.31. The van der Waals surface area contributed by atoms with Gasteiger partial charge in [0.05, 0.1) is 0 Å². The third-order valence-corrected chi connectivity index (χ3v) is 1.59. The van der Waals surface area contributed by atoms with E-state index < -0.39 is 11.7 Å². The number of hydrogen-bond donors (Lipinski definition) is 1. The van der Waals surface area contributed by atoms with Gasteiger partial charge in [-0.1, -0.05) is 6.58 Å². The van der Waals surface area contributed by atoms with E-state index in [-0.39, 0.29) is 0 Å². The van der Waals surface area contributed by atoms with E-state index in [1.54, 1.807) is 20.8 Å². The fourth-order valence-electron chi connectivity index (χ4n) is 0.660. The van der Waals surface area contributed by atoms with Gasteiger partial charge in [0.25, 0.3) is 0 Å². The van der Waals surface area contributed by atoms with Gasteiger partial charge in [-0.15, -0.1) is 0 Å². The number of amides is 1. The van der Waals surface area contributed by atoms with Crippen LogP contribution >= 0.6 is 15.9 Å². The van der Waals surface area contributed by atoms with E-state index in [4.69, 9.17) is 4.74 Å². The average molecular weight is 275 g/mol. The van der Waals surface area contributed by atoms with Crippen LogP contribution in [0.1, 0.15) is 20.8 Å². The standard InChI is InChI=1S/C10H15BrN2O2/c1-7(6-8(11)12-5)13-9(14)15-10(2,3)4/h6H,1,5H2,2-4H3,(H,13,14)/b8-6-. The quantitative estimate of drug-likeness (QED) is 0.489. The van der Waals surface area contributed by atoms with Gasteiger partial charge in [0.2, 0.25) is 0 Å². The van der Waals surface area contributed by atoms with Crippen LogP contribution in [0.4, 0.5) is 4.79 Å². The SMILES string of the molecule is C=N/C(Br)=C\C(=C)NC(=O)OC(C)(C)C. The summed E-state index contributed by atoms with van der Waals surface area (Å²) < 4.78 is 5.51. The molecular weight excluding hydrogens is 260 g/mol. The zero-order valence-corrected chi connectivity index (χ0v) is 10.7. The van der Waals surface area contributed by atoms with Crippen molar-refractivity contribution < 1.29 is 9.53 Å². The summed E-state index contributed by atoms with van der Waals surface area (Å²) in [7, 11) is 0. The minimum absolute atomic E-state index is 0.378. The number of carbonyl (C=O) groups is 1. The number of allylic oxidation sites excluding steroid dienone is 1. The van der Waals surface area contributed by atoms with E-state index in [0.717, 1.165) is 0 Å². The smallest absolute Gasteiger partial charge is 0.412 e. The number of carbonyl (C=O) groups excluding carboxylic acids is 1. The van der Waals surface area contributed by atoms with Crippen molar-refractivity contribution in [2.75, 3.05) is 0 Å². The number of aliphatic imine (C=N–C) groups is 1. The van der Waals surface area contributed by atoms with E-state index in [1.165, 1.54) is 6.08 Å². The van der Waals surface area contributed by atoms with Crippen molar-refractivity contribution in [3.63, 3.8) is 0 Å². The Bertz CT molecular complexity index is 303. The Morgan fingerprint density at radius 2 is 2.07 bits per heavy atom. The van der Waals surface area contributed by atoms with Gasteiger partial charge in [0.15, 0.2) is 0 Å². The van der Waals surface area contributed by atoms with Gasteiger partial charge in [-0.25, -0.2) is 4.79 Å². The molecule has 0 saturated heterocycles. The van der Waals surface area contributed by atoms with Crippen molar-refractivity contribution in [2.45, 2.75) is 26.4 Å². The molecule has 5 heteroatoms. The van der Waals surface area contributed by atoms with Gasteiger partial charge < -0.3 is 4.74 Å². The molecule has 0 saturated carbocycles. The maximum Gasteiger partial charge on any atom is 0.412 e. The lowest BCUT2D eigenvalue weighted by molar-refractivity contribution is 0.0548. The van der Waals surface area contributed by atoms with Gasteiger partial charge in [0.1, 0.15) is 10.2 Å². The zero-order chi connectivity index (χ0) is 12.1. The third kappa shape index (κ3) is 7.93. The molecule has 0 heterocycles. The largest absolute Gasteiger partial charge is 0.444 e. The molecule has 0 aliphatic carbocycles. The van der Waals surface area contributed by atoms with Crippen molar-refractivity contribution >= 4 is 28.7 Å². The molecule has 4 nitrogen and oxygen atoms in total. The van der Waals surface area contributed by atoms with E-state index in [0.29, 0.717) is 10.3 Å². The second-order valence-corrected chi connectivity index (χ2v) is 4.59. The normalized spacial score (nSPS) is 11.9. The highest BCUT2D eigenvalue weighted by molar-refractivity contribution is 9.11. The highest BCUT2D eigenvalue weighted by atomic mass is 79.9. The third-order valence-electron chi connectivity index (χ3n) is 1.11. The van der Waals surface area contributed by atoms with Crippen LogP contribution < -0.4 is 5.32 Å². The molecule has 0 atom stereocenters. The fourth-order valence-corrected chi connectivity index (χ4v) is 0.937. The number of nitrogens with one attached hydrogen (secondary N) is 1. The van der Waals surface area contributed by atoms with Crippen LogP contribution in [-0.4, -0.2) is 18.4 Å². The Kier molecular flexibility index (Phi) is 5.28. The van der Waals surface area contributed by atoms with Crippen LogP contribution in [0.2, 0.25) is 0 Å². The first-order valence-electron chi connectivity index (χ1n) is 4.27. The number of alkyl carbamates (subject to hydrolysis) is 1. The molecule has 0 aliphatic heterocycles. The zero-order valence-electron chi connectivity index (χ0n) is 9.13. The van der Waals surface area contributed by atoms with Gasteiger partial charge in [-0.05, 0) is 49.5 Å². The fraction of sp³-hybridized carbons (Fsp3) is 0.400. The minimum atomic E-state index is -0.548. The van der Waals surface area contributed by atoms with Crippen LogP contribution in [0.15, 0.2) is 28.0 Å². The molecule has 0 aromatic carbocycles. The Morgan fingerprint density at radius 3 is 2.47 bits per heavy atom. The van der Waals surface area contributed by atoms with Crippen LogP contribution in [0.3, 0.4) is 0 Å². The summed E-state index contributed by atoms with van der Waals surface area (Å²) >= 11 is 3.11. The topological polar surface area (TPSA) is 50.7 Å². The highest BCUT2D eigenvalue weighted by Crippen LogP contribution is 2.09. The molecule has 15 heavy (non-hydrogen) atoms. The molecule has 0 unspecified atom stereocenters. The number of rotatable bonds is 3. The van der Waals surface area contributed by atoms with Crippen LogP contribution in [-0.2, 0) is 4.74 Å². The molecule has 0 aliphatic rings. The highest BCUT2D eigenvalue weighted by Gasteiger charge is 2.15. The van der Waals surface area contributed by atoms with Crippen molar-refractivity contribution in [3.8, 4) is 0 Å². The van der Waals surface area contributed by atoms with Crippen molar-refractivity contribution in [1.29, 1.82) is 0 Å². The summed E-state index contributed by atoms with van der Waals surface area (Å²) in [6, 6.07) is 0. The first-order valence-corrected chi connectivity index (χ1v) is 5.07. The van der Waals surface area contributed by atoms with Gasteiger partial charge >= 0.3 is 6.09 Å². The number of halogens is 1. The average Bonchev–Trinajstić information content (AvgIpc) is 1.99. The van der Waals surface area contributed by atoms with Gasteiger partial charge in [-0.3, -0.25) is 10.3 Å². The van der Waals surface area contributed by atoms with E-state index >= 15 is 0 Å². The maximum atomic E-state index is 11.3. The molecule has 1 N–H and O–H groups in total. The van der Waals surface area contributed by atoms with E-state index in [1.807, 2.05) is 0 Å². The molecule has 0 rings (SSSR count).